The van der Waals surface area contributed by atoms with E-state index in [0.717, 1.165) is 18.1 Å². The molecule has 2 nitrogen and oxygen atoms in total. The van der Waals surface area contributed by atoms with Crippen LogP contribution in [0, 0.1) is 11.8 Å². The Hall–Kier alpha value is -1.02. The van der Waals surface area contributed by atoms with Crippen LogP contribution in [0.1, 0.15) is 31.7 Å². The molecule has 1 aromatic rings. The molecule has 0 heterocycles. The van der Waals surface area contributed by atoms with Gasteiger partial charge >= 0.3 is 0 Å². The number of para-hydroxylation sites is 1. The van der Waals surface area contributed by atoms with Crippen LogP contribution in [0.5, 0.6) is 5.75 Å². The van der Waals surface area contributed by atoms with Gasteiger partial charge in [-0.05, 0) is 42.7 Å². The quantitative estimate of drug-likeness (QED) is 0.867. The first-order valence-corrected chi connectivity index (χ1v) is 6.58. The summed E-state index contributed by atoms with van der Waals surface area (Å²) in [6.07, 6.45) is 4.85. The SMILES string of the molecule is COc1ccccc1CC(N)C1CCC(C)C1. The van der Waals surface area contributed by atoms with Gasteiger partial charge in [-0.2, -0.15) is 0 Å². The molecule has 0 spiro atoms. The number of rotatable bonds is 4. The molecule has 17 heavy (non-hydrogen) atoms. The van der Waals surface area contributed by atoms with Gasteiger partial charge in [-0.25, -0.2) is 0 Å². The highest BCUT2D eigenvalue weighted by Gasteiger charge is 2.26. The summed E-state index contributed by atoms with van der Waals surface area (Å²) in [7, 11) is 1.72. The van der Waals surface area contributed by atoms with E-state index in [-0.39, 0.29) is 6.04 Å². The molecule has 1 aromatic carbocycles. The lowest BCUT2D eigenvalue weighted by Gasteiger charge is -2.20. The number of hydrogen-bond acceptors (Lipinski definition) is 2. The first-order valence-electron chi connectivity index (χ1n) is 6.58. The van der Waals surface area contributed by atoms with Crippen LogP contribution in [0.25, 0.3) is 0 Å². The normalized spacial score (nSPS) is 25.8. The van der Waals surface area contributed by atoms with Crippen molar-refractivity contribution in [2.24, 2.45) is 17.6 Å². The van der Waals surface area contributed by atoms with Gasteiger partial charge in [0.15, 0.2) is 0 Å². The minimum Gasteiger partial charge on any atom is -0.496 e. The third-order valence-electron chi connectivity index (χ3n) is 3.99. The number of ether oxygens (including phenoxy) is 1. The smallest absolute Gasteiger partial charge is 0.122 e. The van der Waals surface area contributed by atoms with Crippen LogP contribution in [-0.4, -0.2) is 13.2 Å². The third-order valence-corrected chi connectivity index (χ3v) is 3.99. The van der Waals surface area contributed by atoms with E-state index in [1.54, 1.807) is 7.11 Å². The zero-order chi connectivity index (χ0) is 12.3. The van der Waals surface area contributed by atoms with Gasteiger partial charge in [-0.3, -0.25) is 0 Å². The topological polar surface area (TPSA) is 35.2 Å². The van der Waals surface area contributed by atoms with E-state index in [4.69, 9.17) is 10.5 Å². The number of benzene rings is 1. The zero-order valence-corrected chi connectivity index (χ0v) is 10.9. The Balaban J connectivity index is 2.00. The fraction of sp³-hybridized carbons (Fsp3) is 0.600. The van der Waals surface area contributed by atoms with Gasteiger partial charge in [0.2, 0.25) is 0 Å². The van der Waals surface area contributed by atoms with Crippen LogP contribution in [-0.2, 0) is 6.42 Å². The molecule has 1 fully saturated rings. The fourth-order valence-electron chi connectivity index (χ4n) is 2.93. The summed E-state index contributed by atoms with van der Waals surface area (Å²) in [6.45, 7) is 2.33. The molecule has 0 saturated heterocycles. The summed E-state index contributed by atoms with van der Waals surface area (Å²) < 4.78 is 5.37. The molecule has 1 saturated carbocycles. The van der Waals surface area contributed by atoms with Crippen molar-refractivity contribution in [3.05, 3.63) is 29.8 Å². The molecule has 2 heteroatoms. The molecule has 0 radical (unpaired) electrons. The van der Waals surface area contributed by atoms with Crippen LogP contribution in [0.15, 0.2) is 24.3 Å². The maximum atomic E-state index is 6.34. The molecule has 3 unspecified atom stereocenters. The molecule has 0 bridgehead atoms. The van der Waals surface area contributed by atoms with E-state index in [2.05, 4.69) is 19.1 Å². The van der Waals surface area contributed by atoms with E-state index < -0.39 is 0 Å². The predicted molar refractivity (Wildman–Crippen MR) is 71.2 cm³/mol. The van der Waals surface area contributed by atoms with Crippen molar-refractivity contribution < 1.29 is 4.74 Å². The standard InChI is InChI=1S/C15H23NO/c1-11-7-8-12(9-11)14(16)10-13-5-3-4-6-15(13)17-2/h3-6,11-12,14H,7-10,16H2,1-2H3. The fourth-order valence-corrected chi connectivity index (χ4v) is 2.93. The Labute approximate surface area is 104 Å². The monoisotopic (exact) mass is 233 g/mol. The first-order chi connectivity index (χ1) is 8.20. The van der Waals surface area contributed by atoms with Gasteiger partial charge in [-0.1, -0.05) is 31.5 Å². The average Bonchev–Trinajstić information content (AvgIpc) is 2.77. The highest BCUT2D eigenvalue weighted by molar-refractivity contribution is 5.33. The van der Waals surface area contributed by atoms with E-state index in [1.807, 2.05) is 12.1 Å². The summed E-state index contributed by atoms with van der Waals surface area (Å²) in [5.41, 5.74) is 7.58. The van der Waals surface area contributed by atoms with Crippen molar-refractivity contribution in [2.75, 3.05) is 7.11 Å². The van der Waals surface area contributed by atoms with Gasteiger partial charge in [0, 0.05) is 6.04 Å². The zero-order valence-electron chi connectivity index (χ0n) is 10.9. The molecular weight excluding hydrogens is 210 g/mol. The molecule has 2 N–H and O–H groups in total. The van der Waals surface area contributed by atoms with E-state index in [9.17, 15) is 0 Å². The van der Waals surface area contributed by atoms with Crippen molar-refractivity contribution in [1.29, 1.82) is 0 Å². The molecule has 1 aliphatic carbocycles. The lowest BCUT2D eigenvalue weighted by Crippen LogP contribution is -2.31. The molecule has 3 atom stereocenters. The molecule has 94 valence electrons. The van der Waals surface area contributed by atoms with Crippen LogP contribution < -0.4 is 10.5 Å². The second-order valence-electron chi connectivity index (χ2n) is 5.36. The minimum atomic E-state index is 0.274. The van der Waals surface area contributed by atoms with Crippen LogP contribution in [0.4, 0.5) is 0 Å². The van der Waals surface area contributed by atoms with E-state index in [0.29, 0.717) is 5.92 Å². The van der Waals surface area contributed by atoms with Gasteiger partial charge < -0.3 is 10.5 Å². The van der Waals surface area contributed by atoms with Crippen LogP contribution in [0.2, 0.25) is 0 Å². The molecule has 0 aromatic heterocycles. The van der Waals surface area contributed by atoms with Gasteiger partial charge in [0.05, 0.1) is 7.11 Å². The van der Waals surface area contributed by atoms with E-state index in [1.165, 1.54) is 24.8 Å². The minimum absolute atomic E-state index is 0.274. The summed E-state index contributed by atoms with van der Waals surface area (Å²) >= 11 is 0. The van der Waals surface area contributed by atoms with Crippen molar-refractivity contribution in [3.8, 4) is 5.75 Å². The average molecular weight is 233 g/mol. The van der Waals surface area contributed by atoms with Gasteiger partial charge in [0.1, 0.15) is 5.75 Å². The predicted octanol–water partition coefficient (Wildman–Crippen LogP) is 3.00. The van der Waals surface area contributed by atoms with Crippen molar-refractivity contribution >= 4 is 0 Å². The van der Waals surface area contributed by atoms with Crippen molar-refractivity contribution in [3.63, 3.8) is 0 Å². The Kier molecular flexibility index (Phi) is 4.06. The maximum Gasteiger partial charge on any atom is 0.122 e. The number of hydrogen-bond donors (Lipinski definition) is 1. The summed E-state index contributed by atoms with van der Waals surface area (Å²) in [5.74, 6) is 2.51. The van der Waals surface area contributed by atoms with Crippen LogP contribution in [0.3, 0.4) is 0 Å². The van der Waals surface area contributed by atoms with Crippen LogP contribution >= 0.6 is 0 Å². The second-order valence-corrected chi connectivity index (χ2v) is 5.36. The molecule has 0 aliphatic heterocycles. The van der Waals surface area contributed by atoms with Crippen molar-refractivity contribution in [2.45, 2.75) is 38.6 Å². The summed E-state index contributed by atoms with van der Waals surface area (Å²) in [5, 5.41) is 0. The lowest BCUT2D eigenvalue weighted by molar-refractivity contribution is 0.390. The highest BCUT2D eigenvalue weighted by atomic mass is 16.5. The number of methoxy groups -OCH3 is 1. The largest absolute Gasteiger partial charge is 0.496 e. The van der Waals surface area contributed by atoms with Crippen molar-refractivity contribution in [1.82, 2.24) is 0 Å². The van der Waals surface area contributed by atoms with Gasteiger partial charge in [-0.15, -0.1) is 0 Å². The first kappa shape index (κ1) is 12.4. The maximum absolute atomic E-state index is 6.34. The summed E-state index contributed by atoms with van der Waals surface area (Å²) in [4.78, 5) is 0. The second kappa shape index (κ2) is 5.54. The van der Waals surface area contributed by atoms with Gasteiger partial charge in [0.25, 0.3) is 0 Å². The Morgan fingerprint density at radius 1 is 1.35 bits per heavy atom. The Bertz CT molecular complexity index is 364. The Morgan fingerprint density at radius 2 is 2.12 bits per heavy atom. The summed E-state index contributed by atoms with van der Waals surface area (Å²) in [6, 6.07) is 8.47. The lowest BCUT2D eigenvalue weighted by atomic mass is 9.92. The molecular formula is C15H23NO. The molecule has 1 aliphatic rings. The molecule has 0 amide bonds. The number of nitrogens with two attached hydrogens (primary N) is 1. The van der Waals surface area contributed by atoms with E-state index >= 15 is 0 Å². The third kappa shape index (κ3) is 3.01. The molecule has 2 rings (SSSR count). The Morgan fingerprint density at radius 3 is 2.76 bits per heavy atom. The highest BCUT2D eigenvalue weighted by Crippen LogP contribution is 2.33.